The molecular weight excluding hydrogens is 250 g/mol. The zero-order valence-electron chi connectivity index (χ0n) is 10.7. The molecule has 96 valence electrons. The highest BCUT2D eigenvalue weighted by Crippen LogP contribution is 2.32. The van der Waals surface area contributed by atoms with Crippen molar-refractivity contribution in [2.75, 3.05) is 5.73 Å². The molecule has 0 saturated heterocycles. The fourth-order valence-corrected chi connectivity index (χ4v) is 1.93. The minimum Gasteiger partial charge on any atom is -0.398 e. The Hall–Kier alpha value is -1.55. The summed E-state index contributed by atoms with van der Waals surface area (Å²) in [5, 5.41) is 4.47. The van der Waals surface area contributed by atoms with E-state index in [4.69, 9.17) is 21.9 Å². The summed E-state index contributed by atoms with van der Waals surface area (Å²) >= 11 is 6.10. The highest BCUT2D eigenvalue weighted by molar-refractivity contribution is 6.33. The number of halogens is 1. The smallest absolute Gasteiger partial charge is 0.261 e. The van der Waals surface area contributed by atoms with E-state index in [-0.39, 0.29) is 5.41 Å². The molecule has 0 fully saturated rings. The summed E-state index contributed by atoms with van der Waals surface area (Å²) in [7, 11) is 0. The number of nitrogen functional groups attached to an aromatic ring is 1. The van der Waals surface area contributed by atoms with Crippen molar-refractivity contribution in [1.82, 2.24) is 10.1 Å². The Bertz CT molecular complexity index is 537. The van der Waals surface area contributed by atoms with E-state index in [9.17, 15) is 0 Å². The Balaban J connectivity index is 2.36. The predicted octanol–water partition coefficient (Wildman–Crippen LogP) is 3.56. The predicted molar refractivity (Wildman–Crippen MR) is 72.3 cm³/mol. The lowest BCUT2D eigenvalue weighted by Crippen LogP contribution is -2.10. The molecule has 5 heteroatoms. The van der Waals surface area contributed by atoms with Crippen LogP contribution < -0.4 is 5.73 Å². The molecule has 0 spiro atoms. The van der Waals surface area contributed by atoms with Gasteiger partial charge in [-0.1, -0.05) is 43.6 Å². The molecule has 1 aromatic heterocycles. The molecule has 18 heavy (non-hydrogen) atoms. The Labute approximate surface area is 111 Å². The van der Waals surface area contributed by atoms with E-state index in [0.29, 0.717) is 28.0 Å². The fourth-order valence-electron chi connectivity index (χ4n) is 1.67. The number of nitrogens with zero attached hydrogens (tertiary/aromatic N) is 2. The summed E-state index contributed by atoms with van der Waals surface area (Å²) in [4.78, 5) is 4.35. The van der Waals surface area contributed by atoms with Crippen molar-refractivity contribution in [2.24, 2.45) is 5.41 Å². The number of hydrogen-bond donors (Lipinski definition) is 1. The van der Waals surface area contributed by atoms with Crippen LogP contribution in [0.4, 0.5) is 5.69 Å². The molecule has 0 amide bonds. The highest BCUT2D eigenvalue weighted by Gasteiger charge is 2.19. The first-order valence-corrected chi connectivity index (χ1v) is 6.11. The maximum absolute atomic E-state index is 6.10. The van der Waals surface area contributed by atoms with E-state index >= 15 is 0 Å². The molecule has 0 atom stereocenters. The van der Waals surface area contributed by atoms with Gasteiger partial charge in [0.1, 0.15) is 0 Å². The van der Waals surface area contributed by atoms with Gasteiger partial charge in [0.05, 0.1) is 10.6 Å². The van der Waals surface area contributed by atoms with Gasteiger partial charge in [-0.25, -0.2) is 0 Å². The second-order valence-electron chi connectivity index (χ2n) is 5.46. The molecule has 1 aromatic carbocycles. The monoisotopic (exact) mass is 265 g/mol. The number of hydrogen-bond acceptors (Lipinski definition) is 4. The maximum atomic E-state index is 6.10. The number of nitrogens with two attached hydrogens (primary N) is 1. The minimum atomic E-state index is 0.104. The first kappa shape index (κ1) is 12.9. The molecule has 1 heterocycles. The van der Waals surface area contributed by atoms with Crippen LogP contribution in [-0.2, 0) is 6.42 Å². The molecular formula is C13H16ClN3O. The van der Waals surface area contributed by atoms with E-state index in [1.807, 2.05) is 0 Å². The molecule has 4 nitrogen and oxygen atoms in total. The van der Waals surface area contributed by atoms with Crippen LogP contribution in [0, 0.1) is 5.41 Å². The van der Waals surface area contributed by atoms with Gasteiger partial charge in [-0.3, -0.25) is 0 Å². The van der Waals surface area contributed by atoms with Gasteiger partial charge in [0.2, 0.25) is 0 Å². The van der Waals surface area contributed by atoms with Gasteiger partial charge in [-0.05, 0) is 17.5 Å². The largest absolute Gasteiger partial charge is 0.398 e. The van der Waals surface area contributed by atoms with E-state index in [2.05, 4.69) is 30.9 Å². The van der Waals surface area contributed by atoms with Crippen molar-refractivity contribution >= 4 is 17.3 Å². The Kier molecular flexibility index (Phi) is 3.30. The van der Waals surface area contributed by atoms with Crippen molar-refractivity contribution < 1.29 is 4.52 Å². The minimum absolute atomic E-state index is 0.104. The molecule has 2 N–H and O–H groups in total. The zero-order chi connectivity index (χ0) is 13.3. The van der Waals surface area contributed by atoms with Crippen LogP contribution in [-0.4, -0.2) is 10.1 Å². The lowest BCUT2D eigenvalue weighted by molar-refractivity contribution is 0.374. The first-order valence-electron chi connectivity index (χ1n) is 5.74. The molecule has 0 radical (unpaired) electrons. The van der Waals surface area contributed by atoms with E-state index < -0.39 is 0 Å². The van der Waals surface area contributed by atoms with Gasteiger partial charge in [-0.15, -0.1) is 0 Å². The van der Waals surface area contributed by atoms with Crippen LogP contribution in [0.15, 0.2) is 22.7 Å². The molecule has 2 aromatic rings. The van der Waals surface area contributed by atoms with Crippen LogP contribution >= 0.6 is 11.6 Å². The molecule has 0 aliphatic heterocycles. The summed E-state index contributed by atoms with van der Waals surface area (Å²) in [6.07, 6.45) is 0.737. The van der Waals surface area contributed by atoms with E-state index in [1.54, 1.807) is 18.2 Å². The average Bonchev–Trinajstić information content (AvgIpc) is 2.63. The molecule has 0 saturated carbocycles. The third-order valence-corrected chi connectivity index (χ3v) is 2.73. The number of aromatic nitrogens is 2. The first-order chi connectivity index (χ1) is 8.37. The maximum Gasteiger partial charge on any atom is 0.261 e. The van der Waals surface area contributed by atoms with Gasteiger partial charge >= 0.3 is 0 Å². The summed E-state index contributed by atoms with van der Waals surface area (Å²) in [5.74, 6) is 1.04. The van der Waals surface area contributed by atoms with Gasteiger partial charge in [0.15, 0.2) is 5.82 Å². The molecule has 2 rings (SSSR count). The zero-order valence-corrected chi connectivity index (χ0v) is 11.5. The van der Waals surface area contributed by atoms with Crippen molar-refractivity contribution in [3.05, 3.63) is 29.0 Å². The van der Waals surface area contributed by atoms with Crippen molar-refractivity contribution in [2.45, 2.75) is 27.2 Å². The van der Waals surface area contributed by atoms with Crippen LogP contribution in [0.5, 0.6) is 0 Å². The van der Waals surface area contributed by atoms with Crippen molar-refractivity contribution in [3.63, 3.8) is 0 Å². The molecule has 0 aliphatic rings. The summed E-state index contributed by atoms with van der Waals surface area (Å²) in [6.45, 7) is 6.35. The quantitative estimate of drug-likeness (QED) is 0.843. The third kappa shape index (κ3) is 2.82. The lowest BCUT2D eigenvalue weighted by Gasteiger charge is -2.14. The standard InChI is InChI=1S/C13H16ClN3O/c1-13(2,3)7-10-16-12(18-17-10)11-8(14)5-4-6-9(11)15/h4-6H,7,15H2,1-3H3. The van der Waals surface area contributed by atoms with Gasteiger partial charge in [-0.2, -0.15) is 4.98 Å². The number of rotatable bonds is 2. The van der Waals surface area contributed by atoms with Crippen LogP contribution in [0.2, 0.25) is 5.02 Å². The van der Waals surface area contributed by atoms with E-state index in [0.717, 1.165) is 6.42 Å². The van der Waals surface area contributed by atoms with Gasteiger partial charge in [0, 0.05) is 12.1 Å². The van der Waals surface area contributed by atoms with Crippen molar-refractivity contribution in [1.29, 1.82) is 0 Å². The van der Waals surface area contributed by atoms with Crippen LogP contribution in [0.3, 0.4) is 0 Å². The summed E-state index contributed by atoms with van der Waals surface area (Å²) < 4.78 is 5.23. The molecule has 0 unspecified atom stereocenters. The third-order valence-electron chi connectivity index (χ3n) is 2.42. The summed E-state index contributed by atoms with van der Waals surface area (Å²) in [6, 6.07) is 5.29. The van der Waals surface area contributed by atoms with Gasteiger partial charge in [0.25, 0.3) is 5.89 Å². The second-order valence-corrected chi connectivity index (χ2v) is 5.86. The Morgan fingerprint density at radius 1 is 1.33 bits per heavy atom. The fraction of sp³-hybridized carbons (Fsp3) is 0.385. The summed E-state index contributed by atoms with van der Waals surface area (Å²) in [5.41, 5.74) is 7.12. The Morgan fingerprint density at radius 2 is 2.06 bits per heavy atom. The van der Waals surface area contributed by atoms with Crippen LogP contribution in [0.25, 0.3) is 11.5 Å². The molecule has 0 bridgehead atoms. The topological polar surface area (TPSA) is 64.9 Å². The van der Waals surface area contributed by atoms with Crippen LogP contribution in [0.1, 0.15) is 26.6 Å². The normalized spacial score (nSPS) is 11.8. The van der Waals surface area contributed by atoms with Crippen molar-refractivity contribution in [3.8, 4) is 11.5 Å². The lowest BCUT2D eigenvalue weighted by atomic mass is 9.92. The SMILES string of the molecule is CC(C)(C)Cc1noc(-c2c(N)cccc2Cl)n1. The average molecular weight is 266 g/mol. The number of anilines is 1. The second kappa shape index (κ2) is 4.61. The van der Waals surface area contributed by atoms with Gasteiger partial charge < -0.3 is 10.3 Å². The molecule has 0 aliphatic carbocycles. The van der Waals surface area contributed by atoms with E-state index in [1.165, 1.54) is 0 Å². The Morgan fingerprint density at radius 3 is 2.67 bits per heavy atom. The number of benzene rings is 1. The highest BCUT2D eigenvalue weighted by atomic mass is 35.5.